The van der Waals surface area contributed by atoms with Gasteiger partial charge in [-0.05, 0) is 44.4 Å². The zero-order chi connectivity index (χ0) is 23.4. The summed E-state index contributed by atoms with van der Waals surface area (Å²) < 4.78 is 0. The summed E-state index contributed by atoms with van der Waals surface area (Å²) in [5.74, 6) is 0.267. The first-order valence-electron chi connectivity index (χ1n) is 10.5. The molecule has 2 fully saturated rings. The largest absolute Gasteiger partial charge is 0.483 e. The predicted molar refractivity (Wildman–Crippen MR) is 119 cm³/mol. The van der Waals surface area contributed by atoms with Crippen molar-refractivity contribution in [3.8, 4) is 0 Å². The van der Waals surface area contributed by atoms with Crippen LogP contribution in [0.1, 0.15) is 30.7 Å². The Kier molecular flexibility index (Phi) is 9.68. The summed E-state index contributed by atoms with van der Waals surface area (Å²) in [6, 6.07) is 12.2. The monoisotopic (exact) mass is 445 g/mol. The Morgan fingerprint density at radius 2 is 1.72 bits per heavy atom. The summed E-state index contributed by atoms with van der Waals surface area (Å²) in [5.41, 5.74) is 2.70. The molecule has 1 aromatic heterocycles. The second kappa shape index (κ2) is 12.5. The lowest BCUT2D eigenvalue weighted by Gasteiger charge is -2.46. The fourth-order valence-electron chi connectivity index (χ4n) is 3.89. The first kappa shape index (κ1) is 24.9. The van der Waals surface area contributed by atoms with E-state index in [4.69, 9.17) is 19.8 Å². The van der Waals surface area contributed by atoms with Gasteiger partial charge in [-0.1, -0.05) is 18.2 Å². The van der Waals surface area contributed by atoms with Crippen molar-refractivity contribution in [3.05, 3.63) is 47.8 Å². The van der Waals surface area contributed by atoms with Crippen LogP contribution in [0.5, 0.6) is 0 Å². The second-order valence-electron chi connectivity index (χ2n) is 7.75. The van der Waals surface area contributed by atoms with Gasteiger partial charge in [0, 0.05) is 44.1 Å². The van der Waals surface area contributed by atoms with Gasteiger partial charge in [-0.25, -0.2) is 0 Å². The van der Waals surface area contributed by atoms with Gasteiger partial charge in [-0.2, -0.15) is 5.10 Å². The Hall–Kier alpha value is -3.40. The van der Waals surface area contributed by atoms with E-state index in [1.807, 2.05) is 42.2 Å². The fraction of sp³-hybridized carbons (Fsp3) is 0.455. The Labute approximate surface area is 187 Å². The first-order chi connectivity index (χ1) is 15.5. The molecule has 3 heterocycles. The number of aromatic nitrogens is 2. The molecule has 0 radical (unpaired) electrons. The normalized spacial score (nSPS) is 16.8. The average molecular weight is 446 g/mol. The number of nitrogens with one attached hydrogen (secondary N) is 2. The highest BCUT2D eigenvalue weighted by Crippen LogP contribution is 2.31. The first-order valence-corrected chi connectivity index (χ1v) is 10.5. The van der Waals surface area contributed by atoms with E-state index in [1.165, 1.54) is 0 Å². The molecule has 0 saturated carbocycles. The van der Waals surface area contributed by atoms with Gasteiger partial charge in [0.15, 0.2) is 0 Å². The number of hydrogen-bond donors (Lipinski definition) is 4. The lowest BCUT2D eigenvalue weighted by molar-refractivity contribution is -0.141. The maximum atomic E-state index is 13.2. The van der Waals surface area contributed by atoms with Crippen molar-refractivity contribution in [2.24, 2.45) is 0 Å². The van der Waals surface area contributed by atoms with Gasteiger partial charge in [0.25, 0.3) is 12.9 Å². The topological polar surface area (TPSA) is 139 Å². The lowest BCUT2D eigenvalue weighted by Crippen LogP contribution is -2.61. The zero-order valence-electron chi connectivity index (χ0n) is 18.2. The molecule has 10 heteroatoms. The van der Waals surface area contributed by atoms with Gasteiger partial charge in [-0.3, -0.25) is 24.4 Å². The summed E-state index contributed by atoms with van der Waals surface area (Å²) >= 11 is 0. The number of anilines is 1. The minimum Gasteiger partial charge on any atom is -0.483 e. The van der Waals surface area contributed by atoms with Gasteiger partial charge in [0.2, 0.25) is 5.91 Å². The van der Waals surface area contributed by atoms with Gasteiger partial charge in [0.1, 0.15) is 5.54 Å². The second-order valence-corrected chi connectivity index (χ2v) is 7.75. The molecule has 174 valence electrons. The number of aryl methyl sites for hydroxylation is 1. The van der Waals surface area contributed by atoms with Crippen LogP contribution in [0.3, 0.4) is 0 Å². The minimum absolute atomic E-state index is 0.250. The molecular weight excluding hydrogens is 414 g/mol. The molecule has 32 heavy (non-hydrogen) atoms. The van der Waals surface area contributed by atoms with E-state index in [1.54, 1.807) is 0 Å². The van der Waals surface area contributed by atoms with Crippen molar-refractivity contribution < 1.29 is 24.6 Å². The minimum atomic E-state index is -0.486. The van der Waals surface area contributed by atoms with Gasteiger partial charge in [-0.15, -0.1) is 0 Å². The van der Waals surface area contributed by atoms with Crippen molar-refractivity contribution >= 4 is 24.5 Å². The van der Waals surface area contributed by atoms with Gasteiger partial charge in [0.05, 0.1) is 5.69 Å². The number of carbonyl (C=O) groups is 3. The zero-order valence-corrected chi connectivity index (χ0v) is 18.2. The fourth-order valence-corrected chi connectivity index (χ4v) is 3.89. The Bertz CT molecular complexity index is 839. The third-order valence-corrected chi connectivity index (χ3v) is 5.56. The number of amides is 1. The SMILES string of the molecule is Cc1cc(CN2CCC(Nc3ccccc3)(C(=O)N3CCC3)CC2)n[nH]1.O=CO.O=CO. The van der Waals surface area contributed by atoms with Crippen molar-refractivity contribution in [3.63, 3.8) is 0 Å². The number of rotatable bonds is 5. The average Bonchev–Trinajstić information content (AvgIpc) is 3.15. The highest BCUT2D eigenvalue weighted by molar-refractivity contribution is 5.90. The third kappa shape index (κ3) is 6.81. The molecule has 0 aliphatic carbocycles. The molecule has 2 aromatic rings. The number of H-pyrrole nitrogens is 1. The van der Waals surface area contributed by atoms with Gasteiger partial charge >= 0.3 is 0 Å². The van der Waals surface area contributed by atoms with Crippen LogP contribution in [0.15, 0.2) is 36.4 Å². The van der Waals surface area contributed by atoms with Crippen LogP contribution in [0.25, 0.3) is 0 Å². The maximum absolute atomic E-state index is 13.2. The van der Waals surface area contributed by atoms with E-state index in [0.717, 1.165) is 69.1 Å². The summed E-state index contributed by atoms with van der Waals surface area (Å²) in [6.45, 7) is 5.94. The number of piperidine rings is 1. The number of benzene rings is 1. The number of likely N-dealkylation sites (tertiary alicyclic amines) is 2. The van der Waals surface area contributed by atoms with E-state index < -0.39 is 5.54 Å². The Morgan fingerprint density at radius 3 is 2.19 bits per heavy atom. The number of carboxylic acid groups (broad SMARTS) is 2. The maximum Gasteiger partial charge on any atom is 0.290 e. The highest BCUT2D eigenvalue weighted by atomic mass is 16.3. The molecule has 0 spiro atoms. The number of para-hydroxylation sites is 1. The van der Waals surface area contributed by atoms with E-state index in [9.17, 15) is 4.79 Å². The predicted octanol–water partition coefficient (Wildman–Crippen LogP) is 1.80. The van der Waals surface area contributed by atoms with Gasteiger partial charge < -0.3 is 20.4 Å². The molecule has 1 aromatic carbocycles. The number of carbonyl (C=O) groups excluding carboxylic acids is 1. The molecule has 0 bridgehead atoms. The Balaban J connectivity index is 0.000000547. The molecule has 4 rings (SSSR count). The van der Waals surface area contributed by atoms with Crippen LogP contribution < -0.4 is 5.32 Å². The summed E-state index contributed by atoms with van der Waals surface area (Å²) in [4.78, 5) is 34.3. The van der Waals surface area contributed by atoms with Crippen LogP contribution >= 0.6 is 0 Å². The van der Waals surface area contributed by atoms with E-state index in [0.29, 0.717) is 0 Å². The van der Waals surface area contributed by atoms with Crippen molar-refractivity contribution in [1.29, 1.82) is 0 Å². The lowest BCUT2D eigenvalue weighted by atomic mass is 9.84. The molecule has 10 nitrogen and oxygen atoms in total. The molecule has 0 atom stereocenters. The van der Waals surface area contributed by atoms with Crippen molar-refractivity contribution in [2.75, 3.05) is 31.5 Å². The third-order valence-electron chi connectivity index (χ3n) is 5.56. The quantitative estimate of drug-likeness (QED) is 0.511. The van der Waals surface area contributed by atoms with E-state index >= 15 is 0 Å². The molecule has 1 amide bonds. The van der Waals surface area contributed by atoms with Crippen LogP contribution in [0, 0.1) is 6.92 Å². The van der Waals surface area contributed by atoms with Crippen LogP contribution in [0.4, 0.5) is 5.69 Å². The van der Waals surface area contributed by atoms with Crippen LogP contribution in [-0.2, 0) is 20.9 Å². The standard InChI is InChI=1S/C20H27N5O.2CH2O2/c1-16-14-18(23-22-16)15-24-12-8-20(9-13-24,19(26)25-10-5-11-25)21-17-6-3-2-4-7-17;2*2-1-3/h2-4,6-7,14,21H,5,8-13,15H2,1H3,(H,22,23);2*1H,(H,2,3). The van der Waals surface area contributed by atoms with Crippen molar-refractivity contribution in [1.82, 2.24) is 20.0 Å². The van der Waals surface area contributed by atoms with E-state index in [2.05, 4.69) is 26.5 Å². The molecule has 0 unspecified atom stereocenters. The Morgan fingerprint density at radius 1 is 1.12 bits per heavy atom. The summed E-state index contributed by atoms with van der Waals surface area (Å²) in [6.07, 6.45) is 2.76. The smallest absolute Gasteiger partial charge is 0.290 e. The number of nitrogens with zero attached hydrogens (tertiary/aromatic N) is 3. The highest BCUT2D eigenvalue weighted by Gasteiger charge is 2.44. The van der Waals surface area contributed by atoms with Crippen LogP contribution in [-0.4, -0.2) is 80.8 Å². The molecule has 2 aliphatic rings. The molecule has 4 N–H and O–H groups in total. The summed E-state index contributed by atoms with van der Waals surface area (Å²) in [7, 11) is 0. The molecular formula is C22H31N5O5. The summed E-state index contributed by atoms with van der Waals surface area (Å²) in [5, 5.41) is 24.7. The van der Waals surface area contributed by atoms with Crippen molar-refractivity contribution in [2.45, 2.75) is 38.3 Å². The number of aromatic amines is 1. The molecule has 2 saturated heterocycles. The molecule has 2 aliphatic heterocycles. The van der Waals surface area contributed by atoms with E-state index in [-0.39, 0.29) is 18.9 Å². The number of hydrogen-bond acceptors (Lipinski definition) is 6. The van der Waals surface area contributed by atoms with Crippen LogP contribution in [0.2, 0.25) is 0 Å².